The Hall–Kier alpha value is 0.500. The molecule has 0 aromatic rings. The number of nitrogens with one attached hydrogen (secondary N) is 1. The lowest BCUT2D eigenvalue weighted by Crippen LogP contribution is -2.34. The van der Waals surface area contributed by atoms with E-state index in [1.54, 1.807) is 0 Å². The van der Waals surface area contributed by atoms with Gasteiger partial charge < -0.3 is 5.32 Å². The van der Waals surface area contributed by atoms with Crippen LogP contribution in [0.15, 0.2) is 0 Å². The van der Waals surface area contributed by atoms with Crippen LogP contribution in [0.5, 0.6) is 0 Å². The normalized spacial score (nSPS) is 31.4. The highest BCUT2D eigenvalue weighted by Gasteiger charge is 2.31. The molecule has 15 heavy (non-hydrogen) atoms. The zero-order valence-corrected chi connectivity index (χ0v) is 11.4. The molecule has 2 heterocycles. The molecule has 0 saturated carbocycles. The predicted octanol–water partition coefficient (Wildman–Crippen LogP) is 2.31. The van der Waals surface area contributed by atoms with Gasteiger partial charge in [-0.3, -0.25) is 4.90 Å². The van der Waals surface area contributed by atoms with E-state index in [9.17, 15) is 0 Å². The third-order valence-corrected chi connectivity index (χ3v) is 3.60. The van der Waals surface area contributed by atoms with Gasteiger partial charge in [-0.15, -0.1) is 24.8 Å². The molecule has 1 N–H and O–H groups in total. The van der Waals surface area contributed by atoms with Crippen LogP contribution in [0.2, 0.25) is 0 Å². The van der Waals surface area contributed by atoms with E-state index < -0.39 is 0 Å². The van der Waals surface area contributed by atoms with Crippen molar-refractivity contribution in [2.24, 2.45) is 5.92 Å². The average Bonchev–Trinajstić information content (AvgIpc) is 2.75. The smallest absolute Gasteiger partial charge is 0.0235 e. The van der Waals surface area contributed by atoms with Gasteiger partial charge in [0.25, 0.3) is 0 Å². The first-order valence-corrected chi connectivity index (χ1v) is 5.75. The quantitative estimate of drug-likeness (QED) is 0.814. The van der Waals surface area contributed by atoms with Crippen molar-refractivity contribution in [3.8, 4) is 0 Å². The summed E-state index contributed by atoms with van der Waals surface area (Å²) in [6.45, 7) is 8.56. The Kier molecular flexibility index (Phi) is 7.18. The molecule has 2 aliphatic rings. The van der Waals surface area contributed by atoms with Gasteiger partial charge in [0.05, 0.1) is 0 Å². The van der Waals surface area contributed by atoms with Crippen LogP contribution in [0.3, 0.4) is 0 Å². The fourth-order valence-corrected chi connectivity index (χ4v) is 2.64. The van der Waals surface area contributed by atoms with Crippen molar-refractivity contribution in [3.05, 3.63) is 0 Å². The van der Waals surface area contributed by atoms with Crippen LogP contribution in [-0.2, 0) is 0 Å². The summed E-state index contributed by atoms with van der Waals surface area (Å²) in [4.78, 5) is 2.68. The topological polar surface area (TPSA) is 15.3 Å². The Bertz CT molecular complexity index is 170. The van der Waals surface area contributed by atoms with Crippen LogP contribution in [0, 0.1) is 5.92 Å². The molecule has 2 rings (SSSR count). The summed E-state index contributed by atoms with van der Waals surface area (Å²) in [5, 5.41) is 3.64. The molecule has 2 fully saturated rings. The maximum absolute atomic E-state index is 3.64. The van der Waals surface area contributed by atoms with Gasteiger partial charge >= 0.3 is 0 Å². The molecule has 2 nitrogen and oxygen atoms in total. The minimum Gasteiger partial charge on any atom is -0.312 e. The van der Waals surface area contributed by atoms with Gasteiger partial charge in [0.1, 0.15) is 0 Å². The molecular formula is C11H24Cl2N2. The molecular weight excluding hydrogens is 231 g/mol. The zero-order valence-electron chi connectivity index (χ0n) is 9.74. The summed E-state index contributed by atoms with van der Waals surface area (Å²) in [5.74, 6) is 0.799. The maximum Gasteiger partial charge on any atom is 0.0235 e. The van der Waals surface area contributed by atoms with Crippen molar-refractivity contribution < 1.29 is 0 Å². The minimum absolute atomic E-state index is 0. The lowest BCUT2D eigenvalue weighted by atomic mass is 10.0. The first kappa shape index (κ1) is 15.5. The fraction of sp³-hybridized carbons (Fsp3) is 1.00. The SMILES string of the molecule is CC(C)C1CC(N2CCCC2)CN1.Cl.Cl. The second-order valence-corrected chi connectivity index (χ2v) is 4.89. The Morgan fingerprint density at radius 2 is 1.73 bits per heavy atom. The van der Waals surface area contributed by atoms with Gasteiger partial charge in [-0.25, -0.2) is 0 Å². The third-order valence-electron chi connectivity index (χ3n) is 3.60. The minimum atomic E-state index is 0. The van der Waals surface area contributed by atoms with Crippen LogP contribution in [0.1, 0.15) is 33.1 Å². The molecule has 0 radical (unpaired) electrons. The van der Waals surface area contributed by atoms with E-state index in [0.717, 1.165) is 18.0 Å². The van der Waals surface area contributed by atoms with Crippen LogP contribution in [-0.4, -0.2) is 36.6 Å². The Morgan fingerprint density at radius 3 is 2.20 bits per heavy atom. The second kappa shape index (κ2) is 6.95. The van der Waals surface area contributed by atoms with Crippen molar-refractivity contribution in [2.75, 3.05) is 19.6 Å². The Morgan fingerprint density at radius 1 is 1.13 bits per heavy atom. The molecule has 0 aromatic heterocycles. The highest BCUT2D eigenvalue weighted by Crippen LogP contribution is 2.22. The summed E-state index contributed by atoms with van der Waals surface area (Å²) < 4.78 is 0. The van der Waals surface area contributed by atoms with Crippen molar-refractivity contribution in [1.82, 2.24) is 10.2 Å². The van der Waals surface area contributed by atoms with Crippen molar-refractivity contribution in [2.45, 2.75) is 45.2 Å². The molecule has 2 saturated heterocycles. The molecule has 0 aliphatic carbocycles. The monoisotopic (exact) mass is 254 g/mol. The van der Waals surface area contributed by atoms with E-state index in [2.05, 4.69) is 24.1 Å². The van der Waals surface area contributed by atoms with Gasteiger partial charge in [-0.2, -0.15) is 0 Å². The largest absolute Gasteiger partial charge is 0.312 e. The standard InChI is InChI=1S/C11H22N2.2ClH/c1-9(2)11-7-10(8-12-11)13-5-3-4-6-13;;/h9-12H,3-8H2,1-2H3;2*1H. The lowest BCUT2D eigenvalue weighted by molar-refractivity contribution is 0.252. The summed E-state index contributed by atoms with van der Waals surface area (Å²) >= 11 is 0. The molecule has 4 heteroatoms. The highest BCUT2D eigenvalue weighted by atomic mass is 35.5. The number of likely N-dealkylation sites (tertiary alicyclic amines) is 1. The van der Waals surface area contributed by atoms with E-state index in [0.29, 0.717) is 0 Å². The van der Waals surface area contributed by atoms with Gasteiger partial charge in [-0.1, -0.05) is 13.8 Å². The molecule has 2 unspecified atom stereocenters. The molecule has 2 atom stereocenters. The predicted molar refractivity (Wildman–Crippen MR) is 70.3 cm³/mol. The summed E-state index contributed by atoms with van der Waals surface area (Å²) in [5.41, 5.74) is 0. The third kappa shape index (κ3) is 3.77. The summed E-state index contributed by atoms with van der Waals surface area (Å²) in [6.07, 6.45) is 4.21. The average molecular weight is 255 g/mol. The number of nitrogens with zero attached hydrogens (tertiary/aromatic N) is 1. The number of hydrogen-bond donors (Lipinski definition) is 1. The molecule has 2 aliphatic heterocycles. The van der Waals surface area contributed by atoms with E-state index in [-0.39, 0.29) is 24.8 Å². The van der Waals surface area contributed by atoms with Gasteiger partial charge in [0.2, 0.25) is 0 Å². The maximum atomic E-state index is 3.64. The Labute approximate surface area is 106 Å². The van der Waals surface area contributed by atoms with Gasteiger partial charge in [-0.05, 0) is 38.3 Å². The van der Waals surface area contributed by atoms with Crippen LogP contribution < -0.4 is 5.32 Å². The Balaban J connectivity index is 0.000000980. The number of halogens is 2. The molecule has 92 valence electrons. The van der Waals surface area contributed by atoms with Gasteiger partial charge in [0.15, 0.2) is 0 Å². The number of hydrogen-bond acceptors (Lipinski definition) is 2. The van der Waals surface area contributed by atoms with E-state index in [4.69, 9.17) is 0 Å². The van der Waals surface area contributed by atoms with Gasteiger partial charge in [0, 0.05) is 18.6 Å². The van der Waals surface area contributed by atoms with E-state index >= 15 is 0 Å². The zero-order chi connectivity index (χ0) is 9.26. The van der Waals surface area contributed by atoms with Crippen LogP contribution >= 0.6 is 24.8 Å². The second-order valence-electron chi connectivity index (χ2n) is 4.89. The fourth-order valence-electron chi connectivity index (χ4n) is 2.64. The van der Waals surface area contributed by atoms with Crippen molar-refractivity contribution >= 4 is 24.8 Å². The van der Waals surface area contributed by atoms with Crippen LogP contribution in [0.4, 0.5) is 0 Å². The highest BCUT2D eigenvalue weighted by molar-refractivity contribution is 5.85. The molecule has 0 amide bonds. The van der Waals surface area contributed by atoms with Crippen molar-refractivity contribution in [3.63, 3.8) is 0 Å². The van der Waals surface area contributed by atoms with E-state index in [1.807, 2.05) is 0 Å². The number of rotatable bonds is 2. The molecule has 0 aromatic carbocycles. The van der Waals surface area contributed by atoms with Crippen molar-refractivity contribution in [1.29, 1.82) is 0 Å². The molecule has 0 bridgehead atoms. The summed E-state index contributed by atoms with van der Waals surface area (Å²) in [7, 11) is 0. The lowest BCUT2D eigenvalue weighted by Gasteiger charge is -2.22. The molecule has 0 spiro atoms. The summed E-state index contributed by atoms with van der Waals surface area (Å²) in [6, 6.07) is 1.61. The van der Waals surface area contributed by atoms with Crippen LogP contribution in [0.25, 0.3) is 0 Å². The van der Waals surface area contributed by atoms with E-state index in [1.165, 1.54) is 38.9 Å². The first-order valence-electron chi connectivity index (χ1n) is 5.75. The first-order chi connectivity index (χ1) is 6.27.